The van der Waals surface area contributed by atoms with Gasteiger partial charge in [0.15, 0.2) is 6.10 Å². The lowest BCUT2D eigenvalue weighted by Gasteiger charge is -2.18. The van der Waals surface area contributed by atoms with Crippen LogP contribution in [0.4, 0.5) is 0 Å². The molecule has 0 aliphatic heterocycles. The van der Waals surface area contributed by atoms with Crippen LogP contribution in [0.3, 0.4) is 0 Å². The normalized spacial score (nSPS) is 12.7. The van der Waals surface area contributed by atoms with Gasteiger partial charge in [-0.3, -0.25) is 14.4 Å². The number of hydrogen-bond acceptors (Lipinski definition) is 6. The van der Waals surface area contributed by atoms with Crippen molar-refractivity contribution in [2.75, 3.05) is 13.2 Å². The molecular formula is C66H114O6. The van der Waals surface area contributed by atoms with Crippen LogP contribution in [0.5, 0.6) is 0 Å². The fourth-order valence-corrected chi connectivity index (χ4v) is 8.57. The highest BCUT2D eigenvalue weighted by Crippen LogP contribution is 2.16. The molecule has 72 heavy (non-hydrogen) atoms. The minimum atomic E-state index is -0.785. The standard InChI is InChI=1S/C66H114O6/c1-4-7-10-13-16-19-22-24-26-28-30-31-32-33-34-35-37-38-40-42-44-47-50-53-56-59-65(68)71-62-63(61-70-64(67)58-55-52-49-46-21-18-15-12-9-6-3)72-66(69)60-57-54-51-48-45-43-41-39-36-29-27-25-23-20-17-14-11-8-5-2/h7,10,12,15-16,19,24,26,30-31,33-34,37-38,63H,4-6,8-9,11,13-14,17-18,20-23,25,27-29,32,35-36,39-62H2,1-3H3/b10-7-,15-12-,19-16-,26-24-,31-30-,34-33-,38-37-. The van der Waals surface area contributed by atoms with E-state index < -0.39 is 6.10 Å². The summed E-state index contributed by atoms with van der Waals surface area (Å²) in [6.45, 7) is 6.47. The smallest absolute Gasteiger partial charge is 0.306 e. The van der Waals surface area contributed by atoms with Crippen molar-refractivity contribution >= 4 is 17.9 Å². The van der Waals surface area contributed by atoms with Gasteiger partial charge in [0.25, 0.3) is 0 Å². The highest BCUT2D eigenvalue weighted by Gasteiger charge is 2.19. The van der Waals surface area contributed by atoms with E-state index in [1.165, 1.54) is 135 Å². The van der Waals surface area contributed by atoms with E-state index in [0.717, 1.165) is 122 Å². The molecule has 0 spiro atoms. The molecule has 0 aliphatic rings. The van der Waals surface area contributed by atoms with Crippen LogP contribution < -0.4 is 0 Å². The summed E-state index contributed by atoms with van der Waals surface area (Å²) in [5.41, 5.74) is 0. The van der Waals surface area contributed by atoms with Crippen LogP contribution in [-0.2, 0) is 28.6 Å². The molecule has 0 aliphatic carbocycles. The quantitative estimate of drug-likeness (QED) is 0.0261. The van der Waals surface area contributed by atoms with Crippen LogP contribution in [0.15, 0.2) is 85.1 Å². The lowest BCUT2D eigenvalue weighted by molar-refractivity contribution is -0.167. The average Bonchev–Trinajstić information content (AvgIpc) is 3.38. The predicted molar refractivity (Wildman–Crippen MR) is 311 cm³/mol. The number of unbranched alkanes of at least 4 members (excludes halogenated alkanes) is 30. The first kappa shape index (κ1) is 68.6. The second-order valence-electron chi connectivity index (χ2n) is 20.2. The molecule has 0 saturated carbocycles. The first-order valence-corrected chi connectivity index (χ1v) is 30.6. The second-order valence-corrected chi connectivity index (χ2v) is 20.2. The molecule has 6 heteroatoms. The number of allylic oxidation sites excluding steroid dienone is 14. The van der Waals surface area contributed by atoms with Crippen molar-refractivity contribution in [2.45, 2.75) is 303 Å². The van der Waals surface area contributed by atoms with E-state index in [9.17, 15) is 14.4 Å². The largest absolute Gasteiger partial charge is 0.462 e. The number of carbonyl (C=O) groups excluding carboxylic acids is 3. The van der Waals surface area contributed by atoms with Crippen molar-refractivity contribution in [1.82, 2.24) is 0 Å². The van der Waals surface area contributed by atoms with Crippen molar-refractivity contribution in [2.24, 2.45) is 0 Å². The highest BCUT2D eigenvalue weighted by molar-refractivity contribution is 5.71. The Balaban J connectivity index is 4.29. The summed E-state index contributed by atoms with van der Waals surface area (Å²) in [5, 5.41) is 0. The summed E-state index contributed by atoms with van der Waals surface area (Å²) in [4.78, 5) is 38.2. The van der Waals surface area contributed by atoms with Crippen LogP contribution >= 0.6 is 0 Å². The van der Waals surface area contributed by atoms with Crippen molar-refractivity contribution in [1.29, 1.82) is 0 Å². The molecule has 0 fully saturated rings. The Labute approximate surface area is 445 Å². The van der Waals surface area contributed by atoms with E-state index in [1.807, 2.05) is 0 Å². The predicted octanol–water partition coefficient (Wildman–Crippen LogP) is 20.7. The fraction of sp³-hybridized carbons (Fsp3) is 0.742. The van der Waals surface area contributed by atoms with E-state index in [4.69, 9.17) is 14.2 Å². The summed E-state index contributed by atoms with van der Waals surface area (Å²) in [6, 6.07) is 0. The molecule has 0 aromatic carbocycles. The van der Waals surface area contributed by atoms with Crippen LogP contribution in [0, 0.1) is 0 Å². The van der Waals surface area contributed by atoms with Crippen molar-refractivity contribution in [3.8, 4) is 0 Å². The Morgan fingerprint density at radius 1 is 0.292 bits per heavy atom. The molecule has 6 nitrogen and oxygen atoms in total. The van der Waals surface area contributed by atoms with Gasteiger partial charge in [-0.15, -0.1) is 0 Å². The molecule has 0 heterocycles. The molecule has 0 aromatic heterocycles. The fourth-order valence-electron chi connectivity index (χ4n) is 8.57. The van der Waals surface area contributed by atoms with Gasteiger partial charge >= 0.3 is 17.9 Å². The minimum absolute atomic E-state index is 0.0836. The first-order chi connectivity index (χ1) is 35.5. The average molecular weight is 1000 g/mol. The zero-order chi connectivity index (χ0) is 52.2. The van der Waals surface area contributed by atoms with Gasteiger partial charge in [-0.05, 0) is 89.9 Å². The summed E-state index contributed by atoms with van der Waals surface area (Å²) >= 11 is 0. The van der Waals surface area contributed by atoms with E-state index in [-0.39, 0.29) is 31.1 Å². The third kappa shape index (κ3) is 57.5. The Hall–Kier alpha value is -3.41. The zero-order valence-electron chi connectivity index (χ0n) is 47.4. The highest BCUT2D eigenvalue weighted by atomic mass is 16.6. The van der Waals surface area contributed by atoms with Gasteiger partial charge < -0.3 is 14.2 Å². The molecule has 0 rings (SSSR count). The van der Waals surface area contributed by atoms with Crippen LogP contribution in [0.25, 0.3) is 0 Å². The molecule has 414 valence electrons. The lowest BCUT2D eigenvalue weighted by Crippen LogP contribution is -2.30. The molecule has 1 atom stereocenters. The van der Waals surface area contributed by atoms with Gasteiger partial charge in [-0.25, -0.2) is 0 Å². The first-order valence-electron chi connectivity index (χ1n) is 30.6. The van der Waals surface area contributed by atoms with Gasteiger partial charge in [0.2, 0.25) is 0 Å². The van der Waals surface area contributed by atoms with Crippen LogP contribution in [-0.4, -0.2) is 37.2 Å². The van der Waals surface area contributed by atoms with E-state index >= 15 is 0 Å². The number of ether oxygens (including phenoxy) is 3. The number of hydrogen-bond donors (Lipinski definition) is 0. The molecule has 0 radical (unpaired) electrons. The zero-order valence-corrected chi connectivity index (χ0v) is 47.4. The van der Waals surface area contributed by atoms with Gasteiger partial charge in [0.05, 0.1) is 0 Å². The maximum atomic E-state index is 12.9. The Morgan fingerprint density at radius 3 is 0.917 bits per heavy atom. The Kier molecular flexibility index (Phi) is 57.3. The van der Waals surface area contributed by atoms with Crippen molar-refractivity contribution < 1.29 is 28.6 Å². The van der Waals surface area contributed by atoms with Gasteiger partial charge in [-0.1, -0.05) is 273 Å². The molecule has 0 bridgehead atoms. The number of rotatable bonds is 55. The molecule has 0 N–H and O–H groups in total. The Bertz CT molecular complexity index is 1380. The summed E-state index contributed by atoms with van der Waals surface area (Å²) in [6.07, 6.45) is 78.7. The number of esters is 3. The maximum absolute atomic E-state index is 12.9. The molecule has 0 saturated heterocycles. The topological polar surface area (TPSA) is 78.9 Å². The van der Waals surface area contributed by atoms with Crippen LogP contribution in [0.1, 0.15) is 297 Å². The molecule has 0 aromatic rings. The summed E-state index contributed by atoms with van der Waals surface area (Å²) in [7, 11) is 0. The summed E-state index contributed by atoms with van der Waals surface area (Å²) in [5.74, 6) is -0.898. The van der Waals surface area contributed by atoms with Gasteiger partial charge in [0.1, 0.15) is 13.2 Å². The van der Waals surface area contributed by atoms with E-state index in [1.54, 1.807) is 0 Å². The third-order valence-corrected chi connectivity index (χ3v) is 13.1. The van der Waals surface area contributed by atoms with E-state index in [2.05, 4.69) is 106 Å². The SMILES string of the molecule is CC/C=C\C/C=C\C/C=C\C/C=C\C/C=C\C/C=C\CCCCCCCCC(=O)OCC(COC(=O)CCCCCCC/C=C\CCC)OC(=O)CCCCCCCCCCCCCCCCCCCCC. The minimum Gasteiger partial charge on any atom is -0.462 e. The second kappa shape index (κ2) is 60.1. The van der Waals surface area contributed by atoms with Crippen molar-refractivity contribution in [3.63, 3.8) is 0 Å². The molecule has 1 unspecified atom stereocenters. The monoisotopic (exact) mass is 1000 g/mol. The van der Waals surface area contributed by atoms with Gasteiger partial charge in [-0.2, -0.15) is 0 Å². The van der Waals surface area contributed by atoms with Crippen molar-refractivity contribution in [3.05, 3.63) is 85.1 Å². The molecule has 0 amide bonds. The summed E-state index contributed by atoms with van der Waals surface area (Å²) < 4.78 is 16.9. The maximum Gasteiger partial charge on any atom is 0.306 e. The van der Waals surface area contributed by atoms with Crippen LogP contribution in [0.2, 0.25) is 0 Å². The lowest BCUT2D eigenvalue weighted by atomic mass is 10.0. The van der Waals surface area contributed by atoms with E-state index in [0.29, 0.717) is 19.3 Å². The molecular weight excluding hydrogens is 889 g/mol. The third-order valence-electron chi connectivity index (χ3n) is 13.1. The van der Waals surface area contributed by atoms with Gasteiger partial charge in [0, 0.05) is 19.3 Å². The number of carbonyl (C=O) groups is 3. The Morgan fingerprint density at radius 2 is 0.569 bits per heavy atom.